The number of aromatic nitrogens is 3. The van der Waals surface area contributed by atoms with Crippen molar-refractivity contribution in [3.8, 4) is 10.6 Å². The predicted molar refractivity (Wildman–Crippen MR) is 84.5 cm³/mol. The first-order valence-electron chi connectivity index (χ1n) is 7.59. The largest absolute Gasteiger partial charge is 0.340 e. The Morgan fingerprint density at radius 3 is 3.19 bits per heavy atom. The summed E-state index contributed by atoms with van der Waals surface area (Å²) >= 11 is 1.69. The van der Waals surface area contributed by atoms with Crippen molar-refractivity contribution in [3.63, 3.8) is 0 Å². The minimum atomic E-state index is 0.567. The van der Waals surface area contributed by atoms with Crippen molar-refractivity contribution in [1.29, 1.82) is 0 Å². The molecule has 1 atom stereocenters. The number of thiazole rings is 1. The molecule has 1 fully saturated rings. The van der Waals surface area contributed by atoms with Crippen molar-refractivity contribution in [1.82, 2.24) is 15.0 Å². The maximum Gasteiger partial charge on any atom is 0.225 e. The summed E-state index contributed by atoms with van der Waals surface area (Å²) in [5.74, 6) is 1.42. The Bertz CT molecular complexity index is 653. The average molecular weight is 301 g/mol. The van der Waals surface area contributed by atoms with Gasteiger partial charge in [0.05, 0.1) is 21.8 Å². The fourth-order valence-corrected chi connectivity index (χ4v) is 4.13. The van der Waals surface area contributed by atoms with Gasteiger partial charge in [-0.2, -0.15) is 0 Å². The summed E-state index contributed by atoms with van der Waals surface area (Å²) < 4.78 is 0. The zero-order valence-electron chi connectivity index (χ0n) is 12.0. The van der Waals surface area contributed by atoms with Gasteiger partial charge in [0.2, 0.25) is 5.95 Å². The maximum atomic E-state index is 5.83. The summed E-state index contributed by atoms with van der Waals surface area (Å²) in [7, 11) is 0. The van der Waals surface area contributed by atoms with Crippen LogP contribution in [0.3, 0.4) is 0 Å². The smallest absolute Gasteiger partial charge is 0.225 e. The molecule has 0 bridgehead atoms. The number of nitrogens with two attached hydrogens (primary N) is 1. The number of aryl methyl sites for hydroxylation is 2. The van der Waals surface area contributed by atoms with E-state index in [9.17, 15) is 0 Å². The Morgan fingerprint density at radius 1 is 1.33 bits per heavy atom. The molecule has 0 amide bonds. The topological polar surface area (TPSA) is 67.9 Å². The molecule has 1 unspecified atom stereocenters. The average Bonchev–Trinajstić information content (AvgIpc) is 3.03. The quantitative estimate of drug-likeness (QED) is 0.917. The summed E-state index contributed by atoms with van der Waals surface area (Å²) in [5, 5.41) is 0. The van der Waals surface area contributed by atoms with Crippen molar-refractivity contribution in [3.05, 3.63) is 23.0 Å². The van der Waals surface area contributed by atoms with E-state index in [-0.39, 0.29) is 0 Å². The maximum absolute atomic E-state index is 5.83. The van der Waals surface area contributed by atoms with Crippen molar-refractivity contribution in [2.75, 3.05) is 24.5 Å². The highest BCUT2D eigenvalue weighted by molar-refractivity contribution is 7.13. The van der Waals surface area contributed by atoms with Gasteiger partial charge >= 0.3 is 0 Å². The van der Waals surface area contributed by atoms with Crippen molar-refractivity contribution in [2.45, 2.75) is 25.7 Å². The standard InChI is InChI=1S/C15H19N5S/c16-6-10-2-1-5-20(8-10)15-17-7-11-3-4-12-14(13(11)19-15)21-9-18-12/h7,9-10H,1-6,8,16H2. The second-order valence-electron chi connectivity index (χ2n) is 5.86. The SMILES string of the molecule is NCC1CCCN(c2ncc3c(n2)-c2scnc2CC3)C1. The van der Waals surface area contributed by atoms with E-state index in [2.05, 4.69) is 14.9 Å². The van der Waals surface area contributed by atoms with Gasteiger partial charge in [-0.25, -0.2) is 15.0 Å². The van der Waals surface area contributed by atoms with Crippen LogP contribution in [0, 0.1) is 5.92 Å². The third kappa shape index (κ3) is 2.32. The summed E-state index contributed by atoms with van der Waals surface area (Å²) in [6.07, 6.45) is 6.41. The van der Waals surface area contributed by atoms with Gasteiger partial charge in [-0.05, 0) is 43.7 Å². The van der Waals surface area contributed by atoms with E-state index in [1.807, 2.05) is 11.7 Å². The van der Waals surface area contributed by atoms with Crippen LogP contribution in [0.2, 0.25) is 0 Å². The number of hydrogen-bond donors (Lipinski definition) is 1. The highest BCUT2D eigenvalue weighted by atomic mass is 32.1. The van der Waals surface area contributed by atoms with E-state index >= 15 is 0 Å². The lowest BCUT2D eigenvalue weighted by molar-refractivity contribution is 0.419. The summed E-state index contributed by atoms with van der Waals surface area (Å²) in [6.45, 7) is 2.76. The van der Waals surface area contributed by atoms with Crippen molar-refractivity contribution >= 4 is 17.3 Å². The Morgan fingerprint density at radius 2 is 2.29 bits per heavy atom. The van der Waals surface area contributed by atoms with Crippen LogP contribution < -0.4 is 10.6 Å². The second kappa shape index (κ2) is 5.35. The number of anilines is 1. The van der Waals surface area contributed by atoms with Crippen LogP contribution in [0.5, 0.6) is 0 Å². The number of rotatable bonds is 2. The summed E-state index contributed by atoms with van der Waals surface area (Å²) in [5.41, 5.74) is 11.3. The lowest BCUT2D eigenvalue weighted by Gasteiger charge is -2.32. The van der Waals surface area contributed by atoms with Gasteiger partial charge in [0.25, 0.3) is 0 Å². The van der Waals surface area contributed by atoms with E-state index < -0.39 is 0 Å². The first kappa shape index (κ1) is 13.2. The van der Waals surface area contributed by atoms with Gasteiger partial charge in [0.1, 0.15) is 0 Å². The number of hydrogen-bond acceptors (Lipinski definition) is 6. The van der Waals surface area contributed by atoms with Gasteiger partial charge < -0.3 is 10.6 Å². The van der Waals surface area contributed by atoms with Crippen LogP contribution in [0.1, 0.15) is 24.1 Å². The van der Waals surface area contributed by atoms with Gasteiger partial charge in [0, 0.05) is 19.3 Å². The van der Waals surface area contributed by atoms with Crippen LogP contribution in [0.4, 0.5) is 5.95 Å². The monoisotopic (exact) mass is 301 g/mol. The predicted octanol–water partition coefficient (Wildman–Crippen LogP) is 1.87. The number of fused-ring (bicyclic) bond motifs is 3. The molecule has 1 aliphatic carbocycles. The van der Waals surface area contributed by atoms with Crippen LogP contribution in [0.15, 0.2) is 11.7 Å². The molecule has 0 saturated carbocycles. The third-order valence-corrected chi connectivity index (χ3v) is 5.35. The summed E-state index contributed by atoms with van der Waals surface area (Å²) in [6, 6.07) is 0. The van der Waals surface area contributed by atoms with Crippen LogP contribution in [-0.4, -0.2) is 34.6 Å². The van der Waals surface area contributed by atoms with Crippen molar-refractivity contribution < 1.29 is 0 Å². The lowest BCUT2D eigenvalue weighted by atomic mass is 9.98. The third-order valence-electron chi connectivity index (χ3n) is 4.47. The molecule has 0 spiro atoms. The minimum Gasteiger partial charge on any atom is -0.340 e. The molecule has 1 saturated heterocycles. The fraction of sp³-hybridized carbons (Fsp3) is 0.533. The molecule has 6 heteroatoms. The molecule has 1 aliphatic heterocycles. The molecule has 21 heavy (non-hydrogen) atoms. The zero-order valence-corrected chi connectivity index (χ0v) is 12.8. The molecule has 4 rings (SSSR count). The van der Waals surface area contributed by atoms with E-state index in [1.165, 1.54) is 29.0 Å². The van der Waals surface area contributed by atoms with Crippen molar-refractivity contribution in [2.24, 2.45) is 11.7 Å². The van der Waals surface area contributed by atoms with E-state index in [4.69, 9.17) is 10.7 Å². The van der Waals surface area contributed by atoms with E-state index in [1.54, 1.807) is 11.3 Å². The molecule has 2 aliphatic rings. The Balaban J connectivity index is 1.68. The van der Waals surface area contributed by atoms with Gasteiger partial charge in [0.15, 0.2) is 0 Å². The van der Waals surface area contributed by atoms with Crippen LogP contribution >= 0.6 is 11.3 Å². The van der Waals surface area contributed by atoms with Crippen LogP contribution in [-0.2, 0) is 12.8 Å². The summed E-state index contributed by atoms with van der Waals surface area (Å²) in [4.78, 5) is 17.4. The van der Waals surface area contributed by atoms with E-state index in [0.717, 1.165) is 44.1 Å². The Kier molecular flexibility index (Phi) is 3.35. The van der Waals surface area contributed by atoms with Gasteiger partial charge in [-0.15, -0.1) is 11.3 Å². The van der Waals surface area contributed by atoms with E-state index in [0.29, 0.717) is 5.92 Å². The van der Waals surface area contributed by atoms with Gasteiger partial charge in [-0.3, -0.25) is 0 Å². The molecule has 0 aromatic carbocycles. The Hall–Kier alpha value is -1.53. The number of nitrogens with zero attached hydrogens (tertiary/aromatic N) is 4. The molecule has 2 aromatic heterocycles. The first-order chi connectivity index (χ1) is 10.3. The highest BCUT2D eigenvalue weighted by Gasteiger charge is 2.24. The molecule has 5 nitrogen and oxygen atoms in total. The molecule has 110 valence electrons. The number of piperidine rings is 1. The minimum absolute atomic E-state index is 0.567. The van der Waals surface area contributed by atoms with Crippen LogP contribution in [0.25, 0.3) is 10.6 Å². The molecule has 0 radical (unpaired) electrons. The fourth-order valence-electron chi connectivity index (χ4n) is 3.26. The lowest BCUT2D eigenvalue weighted by Crippen LogP contribution is -2.39. The molecular formula is C15H19N5S. The molecule has 3 heterocycles. The Labute approximate surface area is 128 Å². The molecular weight excluding hydrogens is 282 g/mol. The zero-order chi connectivity index (χ0) is 14.2. The highest BCUT2D eigenvalue weighted by Crippen LogP contribution is 2.35. The van der Waals surface area contributed by atoms with Gasteiger partial charge in [-0.1, -0.05) is 0 Å². The normalized spacial score (nSPS) is 21.0. The first-order valence-corrected chi connectivity index (χ1v) is 8.47. The second-order valence-corrected chi connectivity index (χ2v) is 6.72. The molecule has 2 N–H and O–H groups in total. The molecule has 2 aromatic rings.